The summed E-state index contributed by atoms with van der Waals surface area (Å²) < 4.78 is 17.9. The molecule has 3 heterocycles. The van der Waals surface area contributed by atoms with Gasteiger partial charge in [-0.25, -0.2) is 19.6 Å². The summed E-state index contributed by atoms with van der Waals surface area (Å²) in [5.74, 6) is 0.577. The highest BCUT2D eigenvalue weighted by atomic mass is 32.2. The molecule has 12 nitrogen and oxygen atoms in total. The van der Waals surface area contributed by atoms with Gasteiger partial charge >= 0.3 is 12.1 Å². The fourth-order valence-electron chi connectivity index (χ4n) is 3.63. The first-order chi connectivity index (χ1) is 16.5. The number of aromatic nitrogens is 3. The van der Waals surface area contributed by atoms with Gasteiger partial charge < -0.3 is 40.0 Å². The van der Waals surface area contributed by atoms with Gasteiger partial charge in [0.1, 0.15) is 41.6 Å². The summed E-state index contributed by atoms with van der Waals surface area (Å²) in [6, 6.07) is 0.851. The smallest absolute Gasteiger partial charge is 0.408 e. The summed E-state index contributed by atoms with van der Waals surface area (Å²) in [5.41, 5.74) is 5.67. The Hall–Kier alpha value is -2.61. The van der Waals surface area contributed by atoms with Crippen molar-refractivity contribution in [3.63, 3.8) is 0 Å². The number of aliphatic hydroxyl groups is 2. The maximum Gasteiger partial charge on any atom is 0.408 e. The first-order valence-electron chi connectivity index (χ1n) is 11.3. The minimum absolute atomic E-state index is 0.185. The highest BCUT2D eigenvalue weighted by Gasteiger charge is 2.44. The van der Waals surface area contributed by atoms with E-state index in [1.54, 1.807) is 44.5 Å². The number of nitrogen functional groups attached to an aromatic ring is 1. The van der Waals surface area contributed by atoms with E-state index in [0.717, 1.165) is 0 Å². The van der Waals surface area contributed by atoms with E-state index < -0.39 is 48.2 Å². The number of alkyl carbamates (subject to hydrolysis) is 1. The van der Waals surface area contributed by atoms with Crippen molar-refractivity contribution in [3.05, 3.63) is 18.6 Å². The molecule has 1 saturated heterocycles. The van der Waals surface area contributed by atoms with Crippen LogP contribution >= 0.6 is 11.8 Å². The number of carbonyl (C=O) groups excluding carboxylic acids is 2. The van der Waals surface area contributed by atoms with E-state index in [-0.39, 0.29) is 13.0 Å². The summed E-state index contributed by atoms with van der Waals surface area (Å²) in [7, 11) is 0. The van der Waals surface area contributed by atoms with Gasteiger partial charge in [-0.15, -0.1) is 0 Å². The molecule has 0 aromatic carbocycles. The van der Waals surface area contributed by atoms with Crippen LogP contribution in [0.3, 0.4) is 0 Å². The van der Waals surface area contributed by atoms with Crippen molar-refractivity contribution in [1.82, 2.24) is 19.9 Å². The van der Waals surface area contributed by atoms with Crippen LogP contribution in [0.2, 0.25) is 0 Å². The first kappa shape index (κ1) is 27.0. The number of esters is 1. The van der Waals surface area contributed by atoms with E-state index in [1.165, 1.54) is 18.1 Å². The SMILES string of the molecule is CCOC(=O)[C@H](CCSC[C@H]1O[C@@H](n2ccc3c(N)ncnc32)[C@H](O)[C@@H]1O)NC(=O)OC(C)(C)C. The molecular formula is C22H33N5O7S. The molecule has 5 N–H and O–H groups in total. The molecule has 2 aromatic heterocycles. The van der Waals surface area contributed by atoms with Gasteiger partial charge in [0.2, 0.25) is 0 Å². The van der Waals surface area contributed by atoms with Crippen molar-refractivity contribution in [3.8, 4) is 0 Å². The van der Waals surface area contributed by atoms with E-state index in [4.69, 9.17) is 19.9 Å². The summed E-state index contributed by atoms with van der Waals surface area (Å²) in [6.07, 6.45) is -1.21. The molecule has 0 bridgehead atoms. The molecule has 1 amide bonds. The quantitative estimate of drug-likeness (QED) is 0.282. The average molecular weight is 512 g/mol. The van der Waals surface area contributed by atoms with Crippen molar-refractivity contribution in [2.45, 2.75) is 70.3 Å². The Morgan fingerprint density at radius 1 is 1.31 bits per heavy atom. The topological polar surface area (TPSA) is 171 Å². The minimum Gasteiger partial charge on any atom is -0.464 e. The number of thioether (sulfide) groups is 1. The average Bonchev–Trinajstić information content (AvgIpc) is 3.32. The molecule has 1 aliphatic rings. The number of aliphatic hydroxyl groups excluding tert-OH is 2. The van der Waals surface area contributed by atoms with E-state index in [9.17, 15) is 19.8 Å². The molecule has 0 unspecified atom stereocenters. The monoisotopic (exact) mass is 511 g/mol. The molecule has 0 radical (unpaired) electrons. The molecule has 194 valence electrons. The van der Waals surface area contributed by atoms with Crippen molar-refractivity contribution in [1.29, 1.82) is 0 Å². The molecule has 3 rings (SSSR count). The normalized spacial score (nSPS) is 23.3. The number of rotatable bonds is 9. The summed E-state index contributed by atoms with van der Waals surface area (Å²) in [5, 5.41) is 24.3. The van der Waals surface area contributed by atoms with Crippen molar-refractivity contribution >= 4 is 40.7 Å². The molecule has 13 heteroatoms. The second-order valence-electron chi connectivity index (χ2n) is 9.08. The number of anilines is 1. The minimum atomic E-state index is -1.17. The van der Waals surface area contributed by atoms with E-state index in [1.807, 2.05) is 0 Å². The first-order valence-corrected chi connectivity index (χ1v) is 12.5. The van der Waals surface area contributed by atoms with Crippen molar-refractivity contribution in [2.75, 3.05) is 23.8 Å². The molecule has 1 fully saturated rings. The van der Waals surface area contributed by atoms with Gasteiger partial charge in [-0.3, -0.25) is 0 Å². The lowest BCUT2D eigenvalue weighted by Gasteiger charge is -2.23. The van der Waals surface area contributed by atoms with Crippen LogP contribution in [0.25, 0.3) is 11.0 Å². The third kappa shape index (κ3) is 6.75. The second kappa shape index (κ2) is 11.4. The highest BCUT2D eigenvalue weighted by molar-refractivity contribution is 7.99. The number of nitrogens with two attached hydrogens (primary N) is 1. The van der Waals surface area contributed by atoms with Crippen LogP contribution < -0.4 is 11.1 Å². The molecule has 0 spiro atoms. The highest BCUT2D eigenvalue weighted by Crippen LogP contribution is 2.34. The van der Waals surface area contributed by atoms with Crippen LogP contribution in [-0.4, -0.2) is 84.9 Å². The van der Waals surface area contributed by atoms with Crippen molar-refractivity contribution < 1.29 is 34.0 Å². The van der Waals surface area contributed by atoms with Crippen LogP contribution in [0, 0.1) is 0 Å². The standard InChI is InChI=1S/C22H33N5O7S/c1-5-32-20(30)13(26-21(31)34-22(2,3)4)7-9-35-10-14-15(28)16(29)19(33-14)27-8-6-12-17(23)24-11-25-18(12)27/h6,8,11,13-16,19,28-29H,5,7,9-10H2,1-4H3,(H,26,31)(H2,23,24,25)/t13-,14+,15+,16+,19+/m0/s1. The Balaban J connectivity index is 1.55. The van der Waals surface area contributed by atoms with Gasteiger partial charge in [0.25, 0.3) is 0 Å². The number of carbonyl (C=O) groups is 2. The van der Waals surface area contributed by atoms with Crippen LogP contribution in [0.4, 0.5) is 10.6 Å². The second-order valence-corrected chi connectivity index (χ2v) is 10.2. The van der Waals surface area contributed by atoms with Crippen LogP contribution in [-0.2, 0) is 19.0 Å². The summed E-state index contributed by atoms with van der Waals surface area (Å²) >= 11 is 1.41. The molecule has 2 aromatic rings. The van der Waals surface area contributed by atoms with E-state index in [0.29, 0.717) is 28.4 Å². The lowest BCUT2D eigenvalue weighted by atomic mass is 10.1. The number of ether oxygens (including phenoxy) is 3. The predicted octanol–water partition coefficient (Wildman–Crippen LogP) is 1.21. The molecular weight excluding hydrogens is 478 g/mol. The summed E-state index contributed by atoms with van der Waals surface area (Å²) in [4.78, 5) is 32.5. The third-order valence-corrected chi connectivity index (χ3v) is 6.34. The van der Waals surface area contributed by atoms with Gasteiger partial charge in [0, 0.05) is 11.9 Å². The number of nitrogens with zero attached hydrogens (tertiary/aromatic N) is 3. The molecule has 5 atom stereocenters. The Morgan fingerprint density at radius 3 is 2.74 bits per heavy atom. The predicted molar refractivity (Wildman–Crippen MR) is 130 cm³/mol. The third-order valence-electron chi connectivity index (χ3n) is 5.25. The zero-order valence-corrected chi connectivity index (χ0v) is 21.0. The number of fused-ring (bicyclic) bond motifs is 1. The fourth-order valence-corrected chi connectivity index (χ4v) is 4.71. The Labute approximate surface area is 207 Å². The van der Waals surface area contributed by atoms with E-state index >= 15 is 0 Å². The van der Waals surface area contributed by atoms with Gasteiger partial charge in [-0.2, -0.15) is 11.8 Å². The number of amides is 1. The van der Waals surface area contributed by atoms with Gasteiger partial charge in [-0.1, -0.05) is 0 Å². The Morgan fingerprint density at radius 2 is 2.06 bits per heavy atom. The van der Waals surface area contributed by atoms with Crippen LogP contribution in [0.1, 0.15) is 40.3 Å². The van der Waals surface area contributed by atoms with Gasteiger partial charge in [-0.05, 0) is 45.9 Å². The maximum atomic E-state index is 12.3. The number of hydrogen-bond acceptors (Lipinski definition) is 11. The lowest BCUT2D eigenvalue weighted by Crippen LogP contribution is -2.44. The largest absolute Gasteiger partial charge is 0.464 e. The zero-order valence-electron chi connectivity index (χ0n) is 20.2. The van der Waals surface area contributed by atoms with Crippen molar-refractivity contribution in [2.24, 2.45) is 0 Å². The number of nitrogens with one attached hydrogen (secondary N) is 1. The van der Waals surface area contributed by atoms with Crippen LogP contribution in [0.15, 0.2) is 18.6 Å². The molecule has 35 heavy (non-hydrogen) atoms. The van der Waals surface area contributed by atoms with Gasteiger partial charge in [0.05, 0.1) is 18.1 Å². The Kier molecular flexibility index (Phi) is 8.80. The van der Waals surface area contributed by atoms with Gasteiger partial charge in [0.15, 0.2) is 6.23 Å². The molecule has 0 aliphatic carbocycles. The summed E-state index contributed by atoms with van der Waals surface area (Å²) in [6.45, 7) is 7.06. The zero-order chi connectivity index (χ0) is 25.8. The lowest BCUT2D eigenvalue weighted by molar-refractivity contribution is -0.145. The van der Waals surface area contributed by atoms with Crippen LogP contribution in [0.5, 0.6) is 0 Å². The van der Waals surface area contributed by atoms with E-state index in [2.05, 4.69) is 15.3 Å². The molecule has 1 aliphatic heterocycles. The maximum absolute atomic E-state index is 12.3. The molecule has 0 saturated carbocycles. The number of hydrogen-bond donors (Lipinski definition) is 4. The Bertz CT molecular complexity index is 1030. The fraction of sp³-hybridized carbons (Fsp3) is 0.636.